The van der Waals surface area contributed by atoms with Crippen molar-refractivity contribution >= 4 is 23.2 Å². The standard InChI is InChI=1S/C30H29N5O4/c36-24-17-21(25-7-4-14-37-25)16-23-28(24)29(31-22-5-2-1-3-6-22)33-30(32-23)35-12-10-34(11-13-35)18-20-8-9-26-27(15-20)39-19-38-26/h1-9,14-15,21H,10-13,16-19H2,(H,31,32,33). The summed E-state index contributed by atoms with van der Waals surface area (Å²) in [6.07, 6.45) is 2.68. The second-order valence-corrected chi connectivity index (χ2v) is 10.2. The highest BCUT2D eigenvalue weighted by Gasteiger charge is 2.33. The van der Waals surface area contributed by atoms with E-state index < -0.39 is 0 Å². The smallest absolute Gasteiger partial charge is 0.231 e. The zero-order valence-electron chi connectivity index (χ0n) is 21.5. The van der Waals surface area contributed by atoms with E-state index in [0.717, 1.165) is 61.4 Å². The molecule has 1 aliphatic carbocycles. The molecule has 0 spiro atoms. The maximum Gasteiger partial charge on any atom is 0.231 e. The first-order chi connectivity index (χ1) is 19.2. The number of carbonyl (C=O) groups excluding carboxylic acids is 1. The molecule has 2 aromatic heterocycles. The molecule has 0 bridgehead atoms. The van der Waals surface area contributed by atoms with E-state index in [2.05, 4.69) is 27.2 Å². The van der Waals surface area contributed by atoms with Crippen LogP contribution in [0, 0.1) is 0 Å². The van der Waals surface area contributed by atoms with Crippen molar-refractivity contribution in [1.82, 2.24) is 14.9 Å². The third-order valence-corrected chi connectivity index (χ3v) is 7.60. The number of hydrogen-bond donors (Lipinski definition) is 1. The van der Waals surface area contributed by atoms with Crippen molar-refractivity contribution in [2.45, 2.75) is 25.3 Å². The van der Waals surface area contributed by atoms with Crippen LogP contribution in [0.1, 0.15) is 39.7 Å². The molecule has 2 aromatic carbocycles. The summed E-state index contributed by atoms with van der Waals surface area (Å²) in [5, 5.41) is 3.40. The van der Waals surface area contributed by atoms with Gasteiger partial charge in [-0.3, -0.25) is 9.69 Å². The van der Waals surface area contributed by atoms with Crippen LogP contribution in [-0.4, -0.2) is 53.6 Å². The van der Waals surface area contributed by atoms with Crippen LogP contribution in [0.3, 0.4) is 0 Å². The Morgan fingerprint density at radius 1 is 0.897 bits per heavy atom. The largest absolute Gasteiger partial charge is 0.469 e. The van der Waals surface area contributed by atoms with Gasteiger partial charge in [0.2, 0.25) is 12.7 Å². The first-order valence-electron chi connectivity index (χ1n) is 13.3. The van der Waals surface area contributed by atoms with E-state index in [9.17, 15) is 4.79 Å². The summed E-state index contributed by atoms with van der Waals surface area (Å²) in [7, 11) is 0. The molecule has 0 amide bonds. The minimum absolute atomic E-state index is 0.0223. The van der Waals surface area contributed by atoms with E-state index in [4.69, 9.17) is 23.9 Å². The van der Waals surface area contributed by atoms with Gasteiger partial charge >= 0.3 is 0 Å². The summed E-state index contributed by atoms with van der Waals surface area (Å²) in [5.41, 5.74) is 3.46. The van der Waals surface area contributed by atoms with E-state index in [1.807, 2.05) is 48.5 Å². The van der Waals surface area contributed by atoms with E-state index >= 15 is 0 Å². The number of aromatic nitrogens is 2. The van der Waals surface area contributed by atoms with Gasteiger partial charge in [-0.05, 0) is 42.0 Å². The summed E-state index contributed by atoms with van der Waals surface area (Å²) in [6.45, 7) is 4.48. The molecule has 198 valence electrons. The first kappa shape index (κ1) is 23.7. The van der Waals surface area contributed by atoms with Crippen molar-refractivity contribution in [3.8, 4) is 11.5 Å². The number of para-hydroxylation sites is 1. The van der Waals surface area contributed by atoms with Crippen molar-refractivity contribution in [1.29, 1.82) is 0 Å². The maximum absolute atomic E-state index is 13.4. The van der Waals surface area contributed by atoms with E-state index in [0.29, 0.717) is 30.2 Å². The predicted octanol–water partition coefficient (Wildman–Crippen LogP) is 4.78. The number of piperazine rings is 1. The Morgan fingerprint density at radius 3 is 2.56 bits per heavy atom. The summed E-state index contributed by atoms with van der Waals surface area (Å²) < 4.78 is 16.6. The Labute approximate surface area is 226 Å². The molecular weight excluding hydrogens is 494 g/mol. The van der Waals surface area contributed by atoms with Gasteiger partial charge in [0.15, 0.2) is 17.3 Å². The first-order valence-corrected chi connectivity index (χ1v) is 13.3. The van der Waals surface area contributed by atoms with Gasteiger partial charge in [0.25, 0.3) is 0 Å². The lowest BCUT2D eigenvalue weighted by molar-refractivity contribution is 0.0959. The fourth-order valence-corrected chi connectivity index (χ4v) is 5.58. The molecular formula is C30H29N5O4. The van der Waals surface area contributed by atoms with Crippen molar-refractivity contribution in [2.75, 3.05) is 43.2 Å². The topological polar surface area (TPSA) is 93.0 Å². The van der Waals surface area contributed by atoms with Gasteiger partial charge < -0.3 is 24.1 Å². The Bertz CT molecular complexity index is 1480. The van der Waals surface area contributed by atoms with Gasteiger partial charge in [0.1, 0.15) is 11.6 Å². The number of rotatable bonds is 6. The second kappa shape index (κ2) is 10.1. The van der Waals surface area contributed by atoms with E-state index in [-0.39, 0.29) is 18.5 Å². The van der Waals surface area contributed by atoms with Gasteiger partial charge in [-0.25, -0.2) is 4.98 Å². The lowest BCUT2D eigenvalue weighted by Gasteiger charge is -2.35. The summed E-state index contributed by atoms with van der Waals surface area (Å²) in [5.74, 6) is 3.69. The van der Waals surface area contributed by atoms with Crippen LogP contribution in [0.2, 0.25) is 0 Å². The zero-order valence-corrected chi connectivity index (χ0v) is 21.5. The lowest BCUT2D eigenvalue weighted by Crippen LogP contribution is -2.46. The Hall–Kier alpha value is -4.37. The molecule has 3 aliphatic rings. The highest BCUT2D eigenvalue weighted by Crippen LogP contribution is 2.37. The quantitative estimate of drug-likeness (QED) is 0.383. The maximum atomic E-state index is 13.4. The molecule has 9 nitrogen and oxygen atoms in total. The average Bonchev–Trinajstić information content (AvgIpc) is 3.66. The molecule has 1 saturated heterocycles. The monoisotopic (exact) mass is 523 g/mol. The molecule has 0 saturated carbocycles. The van der Waals surface area contributed by atoms with E-state index in [1.165, 1.54) is 5.56 Å². The number of ether oxygens (including phenoxy) is 2. The van der Waals surface area contributed by atoms with Gasteiger partial charge in [0.05, 0.1) is 17.5 Å². The molecule has 1 fully saturated rings. The molecule has 4 aromatic rings. The summed E-state index contributed by atoms with van der Waals surface area (Å²) in [6, 6.07) is 19.8. The van der Waals surface area contributed by atoms with Crippen LogP contribution in [0.5, 0.6) is 11.5 Å². The molecule has 1 N–H and O–H groups in total. The van der Waals surface area contributed by atoms with Crippen molar-refractivity contribution in [2.24, 2.45) is 0 Å². The number of benzene rings is 2. The summed E-state index contributed by atoms with van der Waals surface area (Å²) >= 11 is 0. The molecule has 9 heteroatoms. The third-order valence-electron chi connectivity index (χ3n) is 7.60. The van der Waals surface area contributed by atoms with Crippen LogP contribution >= 0.6 is 0 Å². The van der Waals surface area contributed by atoms with Crippen molar-refractivity contribution in [3.63, 3.8) is 0 Å². The van der Waals surface area contributed by atoms with Crippen LogP contribution in [0.4, 0.5) is 17.5 Å². The Balaban J connectivity index is 1.13. The normalized spacial score (nSPS) is 18.7. The van der Waals surface area contributed by atoms with Crippen LogP contribution in [-0.2, 0) is 13.0 Å². The highest BCUT2D eigenvalue weighted by molar-refractivity contribution is 6.03. The minimum atomic E-state index is -0.0223. The van der Waals surface area contributed by atoms with Gasteiger partial charge in [-0.15, -0.1) is 0 Å². The molecule has 39 heavy (non-hydrogen) atoms. The molecule has 0 radical (unpaired) electrons. The molecule has 7 rings (SSSR count). The number of Topliss-reactive ketones (excluding diaryl/α,β-unsaturated/α-hetero) is 1. The van der Waals surface area contributed by atoms with Gasteiger partial charge in [-0.1, -0.05) is 24.3 Å². The van der Waals surface area contributed by atoms with Crippen LogP contribution < -0.4 is 19.7 Å². The average molecular weight is 524 g/mol. The highest BCUT2D eigenvalue weighted by atomic mass is 16.7. The fraction of sp³-hybridized carbons (Fsp3) is 0.300. The van der Waals surface area contributed by atoms with Crippen molar-refractivity contribution in [3.05, 3.63) is 89.5 Å². The van der Waals surface area contributed by atoms with Gasteiger partial charge in [-0.2, -0.15) is 4.98 Å². The lowest BCUT2D eigenvalue weighted by atomic mass is 9.84. The number of fused-ring (bicyclic) bond motifs is 2. The van der Waals surface area contributed by atoms with Crippen LogP contribution in [0.15, 0.2) is 71.3 Å². The van der Waals surface area contributed by atoms with Crippen molar-refractivity contribution < 1.29 is 18.7 Å². The third kappa shape index (κ3) is 4.81. The molecule has 1 unspecified atom stereocenters. The number of hydrogen-bond acceptors (Lipinski definition) is 9. The number of ketones is 1. The van der Waals surface area contributed by atoms with E-state index in [1.54, 1.807) is 6.26 Å². The number of nitrogens with zero attached hydrogens (tertiary/aromatic N) is 4. The molecule has 1 atom stereocenters. The number of anilines is 3. The zero-order chi connectivity index (χ0) is 26.2. The Morgan fingerprint density at radius 2 is 1.74 bits per heavy atom. The van der Waals surface area contributed by atoms with Crippen LogP contribution in [0.25, 0.3) is 0 Å². The molecule has 4 heterocycles. The fourth-order valence-electron chi connectivity index (χ4n) is 5.58. The van der Waals surface area contributed by atoms with Gasteiger partial charge in [0, 0.05) is 57.2 Å². The second-order valence-electron chi connectivity index (χ2n) is 10.2. The minimum Gasteiger partial charge on any atom is -0.469 e. The number of carbonyl (C=O) groups is 1. The predicted molar refractivity (Wildman–Crippen MR) is 146 cm³/mol. The molecule has 2 aliphatic heterocycles. The number of furan rings is 1. The summed E-state index contributed by atoms with van der Waals surface area (Å²) in [4.78, 5) is 27.9. The number of nitrogens with one attached hydrogen (secondary N) is 1. The SMILES string of the molecule is O=C1CC(c2ccco2)Cc2nc(N3CCN(Cc4ccc5c(c4)OCO5)CC3)nc(Nc3ccccc3)c21. The Kier molecular flexibility index (Phi) is 6.13.